The van der Waals surface area contributed by atoms with Crippen LogP contribution in [0.5, 0.6) is 0 Å². The molecular weight excluding hydrogens is 932 g/mol. The highest BCUT2D eigenvalue weighted by molar-refractivity contribution is 7.27. The molecule has 11 aromatic rings. The van der Waals surface area contributed by atoms with Crippen LogP contribution in [0.3, 0.4) is 0 Å². The van der Waals surface area contributed by atoms with Gasteiger partial charge in [0, 0.05) is 32.6 Å². The zero-order valence-corrected chi connectivity index (χ0v) is 44.8. The fraction of sp³-hybridized carbons (Fsp3) is 0.176. The molecule has 0 saturated carbocycles. The number of rotatable bonds is 2. The van der Waals surface area contributed by atoms with Gasteiger partial charge >= 0.3 is 6.85 Å². The Morgan fingerprint density at radius 3 is 1.89 bits per heavy atom. The third-order valence-electron chi connectivity index (χ3n) is 18.3. The van der Waals surface area contributed by atoms with Crippen LogP contribution in [0.2, 0.25) is 0 Å². The fourth-order valence-electron chi connectivity index (χ4n) is 14.7. The van der Waals surface area contributed by atoms with E-state index in [2.05, 4.69) is 240 Å². The molecule has 356 valence electrons. The minimum atomic E-state index is -2.89. The van der Waals surface area contributed by atoms with Crippen molar-refractivity contribution >= 4 is 118 Å². The highest BCUT2D eigenvalue weighted by Crippen LogP contribution is 2.57. The Morgan fingerprint density at radius 2 is 1.15 bits per heavy atom. The summed E-state index contributed by atoms with van der Waals surface area (Å²) in [6.45, 7) is 16.8. The van der Waals surface area contributed by atoms with Crippen molar-refractivity contribution in [2.24, 2.45) is 0 Å². The highest BCUT2D eigenvalue weighted by atomic mass is 32.1. The first-order valence-corrected chi connectivity index (χ1v) is 29.5. The van der Waals surface area contributed by atoms with Gasteiger partial charge in [0.15, 0.2) is 8.07 Å². The number of para-hydroxylation sites is 3. The van der Waals surface area contributed by atoms with E-state index in [1.54, 1.807) is 0 Å². The normalized spacial score (nSPS) is 16.7. The summed E-state index contributed by atoms with van der Waals surface area (Å²) in [6.07, 6.45) is 2.33. The van der Waals surface area contributed by atoms with Gasteiger partial charge in [-0.25, -0.2) is 0 Å². The summed E-state index contributed by atoms with van der Waals surface area (Å²) < 4.78 is 8.53. The van der Waals surface area contributed by atoms with Crippen LogP contribution in [0.25, 0.3) is 65.4 Å². The van der Waals surface area contributed by atoms with E-state index >= 15 is 0 Å². The largest absolute Gasteiger partial charge is 0.456 e. The summed E-state index contributed by atoms with van der Waals surface area (Å²) in [7, 11) is -2.89. The minimum Gasteiger partial charge on any atom is -0.456 e. The highest BCUT2D eigenvalue weighted by Gasteiger charge is 2.58. The maximum atomic E-state index is 7.17. The Balaban J connectivity index is 1.12. The maximum absolute atomic E-state index is 7.17. The second kappa shape index (κ2) is 14.5. The molecule has 16 rings (SSSR count). The number of fused-ring (bicyclic) bond motifs is 20. The molecule has 4 aliphatic heterocycles. The number of anilines is 5. The Labute approximate surface area is 438 Å². The molecule has 6 heterocycles. The topological polar surface area (TPSA) is 19.6 Å². The quantitative estimate of drug-likeness (QED) is 0.161. The Kier molecular flexibility index (Phi) is 8.42. The average molecular weight is 987 g/mol. The summed E-state index contributed by atoms with van der Waals surface area (Å²) in [5.74, 6) is 0. The van der Waals surface area contributed by atoms with E-state index in [9.17, 15) is 0 Å². The van der Waals surface area contributed by atoms with Crippen LogP contribution >= 0.6 is 11.3 Å². The van der Waals surface area contributed by atoms with Gasteiger partial charge in [0.1, 0.15) is 11.2 Å². The molecule has 9 aromatic carbocycles. The molecule has 0 amide bonds. The van der Waals surface area contributed by atoms with Gasteiger partial charge in [-0.05, 0) is 148 Å². The zero-order valence-electron chi connectivity index (χ0n) is 43.0. The summed E-state index contributed by atoms with van der Waals surface area (Å²) in [4.78, 5) is 5.56. The van der Waals surface area contributed by atoms with Gasteiger partial charge in [0.25, 0.3) is 0 Å². The average Bonchev–Trinajstić information content (AvgIpc) is 4.09. The van der Waals surface area contributed by atoms with E-state index in [1.165, 1.54) is 131 Å². The third kappa shape index (κ3) is 5.37. The predicted octanol–water partition coefficient (Wildman–Crippen LogP) is 14.5. The molecule has 2 aromatic heterocycles. The Bertz CT molecular complexity index is 4240. The summed E-state index contributed by atoms with van der Waals surface area (Å²) in [5, 5.41) is 10.9. The van der Waals surface area contributed by atoms with E-state index in [4.69, 9.17) is 4.42 Å². The molecular formula is C68H55BN2OSSi. The fourth-order valence-corrected chi connectivity index (χ4v) is 21.5. The molecule has 3 nitrogen and oxygen atoms in total. The number of hydrogen-bond donors (Lipinski definition) is 0. The molecule has 0 fully saturated rings. The Morgan fingerprint density at radius 1 is 0.514 bits per heavy atom. The van der Waals surface area contributed by atoms with Gasteiger partial charge < -0.3 is 14.1 Å². The van der Waals surface area contributed by atoms with E-state index in [1.807, 2.05) is 11.3 Å². The van der Waals surface area contributed by atoms with E-state index < -0.39 is 8.07 Å². The van der Waals surface area contributed by atoms with E-state index in [0.717, 1.165) is 23.0 Å². The lowest BCUT2D eigenvalue weighted by Gasteiger charge is -2.51. The molecule has 1 aliphatic carbocycles. The summed E-state index contributed by atoms with van der Waals surface area (Å²) in [6, 6.07) is 70.5. The first-order chi connectivity index (χ1) is 35.8. The van der Waals surface area contributed by atoms with E-state index in [-0.39, 0.29) is 23.1 Å². The molecule has 0 N–H and O–H groups in total. The summed E-state index contributed by atoms with van der Waals surface area (Å²) in [5.41, 5.74) is 21.7. The summed E-state index contributed by atoms with van der Waals surface area (Å²) >= 11 is 1.99. The van der Waals surface area contributed by atoms with Gasteiger partial charge in [0.05, 0.1) is 21.8 Å². The van der Waals surface area contributed by atoms with Gasteiger partial charge in [-0.3, -0.25) is 0 Å². The zero-order chi connectivity index (χ0) is 49.8. The molecule has 0 radical (unpaired) electrons. The number of benzene rings is 9. The molecule has 0 saturated heterocycles. The van der Waals surface area contributed by atoms with Crippen LogP contribution in [0.1, 0.15) is 78.0 Å². The van der Waals surface area contributed by atoms with Crippen molar-refractivity contribution in [2.75, 3.05) is 9.71 Å². The lowest BCUT2D eigenvalue weighted by molar-refractivity contribution is 0.332. The van der Waals surface area contributed by atoms with Gasteiger partial charge in [-0.1, -0.05) is 188 Å². The lowest BCUT2D eigenvalue weighted by Crippen LogP contribution is -2.78. The number of thiophene rings is 1. The van der Waals surface area contributed by atoms with Crippen molar-refractivity contribution < 1.29 is 4.42 Å². The molecule has 5 aliphatic rings. The second-order valence-electron chi connectivity index (χ2n) is 24.2. The van der Waals surface area contributed by atoms with Gasteiger partial charge in [-0.15, -0.1) is 11.3 Å². The molecule has 0 unspecified atom stereocenters. The number of furan rings is 1. The van der Waals surface area contributed by atoms with Crippen LogP contribution in [0, 0.1) is 0 Å². The molecule has 6 heteroatoms. The molecule has 1 spiro atoms. The van der Waals surface area contributed by atoms with Crippen LogP contribution in [0.4, 0.5) is 27.8 Å². The van der Waals surface area contributed by atoms with Crippen LogP contribution < -0.4 is 41.4 Å². The van der Waals surface area contributed by atoms with Crippen molar-refractivity contribution in [3.8, 4) is 33.4 Å². The molecule has 0 bridgehead atoms. The number of hydrogen-bond acceptors (Lipinski definition) is 4. The SMILES string of the molecule is CC(C)(C)c1ccc(N2c3sc4cc5c(cc4c3B3c4c(cc6oc7ccccc7c6c42)-c2cccc4c2N3c2ccccc2[Si]42c3ccccc3-c3ccccc32)C(C)(C)CCC5(C)C)c(-c2ccccc2)c1. The minimum absolute atomic E-state index is 0.0295. The van der Waals surface area contributed by atoms with Gasteiger partial charge in [-0.2, -0.15) is 0 Å². The Hall–Kier alpha value is -7.38. The van der Waals surface area contributed by atoms with Gasteiger partial charge in [0.2, 0.25) is 0 Å². The first-order valence-electron chi connectivity index (χ1n) is 26.7. The van der Waals surface area contributed by atoms with Crippen LogP contribution in [0.15, 0.2) is 186 Å². The standard InChI is InChI=1S/C68H55BN2OSSi/c1-66(2,3)41-32-33-51(46(36-41)40-20-9-8-10-21-40)70-64-60-45-24-11-15-27-53(45)72-54(60)38-47-44-25-19-31-59-63(44)71(52-26-14-18-30-58(52)74(59)56-28-16-12-22-42(56)43-23-13-17-29-57(43)74)69(61(47)64)62-48-37-49-50(39-55(48)73-65(62)70)68(6,7)35-34-67(49,4)5/h8-33,36-39H,34-35H2,1-7H3. The maximum Gasteiger partial charge on any atom is 0.334 e. The first kappa shape index (κ1) is 43.1. The van der Waals surface area contributed by atoms with Crippen LogP contribution in [-0.4, -0.2) is 14.9 Å². The van der Waals surface area contributed by atoms with Crippen LogP contribution in [-0.2, 0) is 16.2 Å². The molecule has 74 heavy (non-hydrogen) atoms. The van der Waals surface area contributed by atoms with Crippen molar-refractivity contribution in [3.05, 3.63) is 199 Å². The third-order valence-corrected chi connectivity index (χ3v) is 24.4. The van der Waals surface area contributed by atoms with Crippen molar-refractivity contribution in [3.63, 3.8) is 0 Å². The predicted molar refractivity (Wildman–Crippen MR) is 318 cm³/mol. The molecule has 0 atom stereocenters. The lowest BCUT2D eigenvalue weighted by atomic mass is 9.43. The van der Waals surface area contributed by atoms with Crippen molar-refractivity contribution in [2.45, 2.75) is 77.6 Å². The van der Waals surface area contributed by atoms with E-state index in [0.29, 0.717) is 0 Å². The number of nitrogens with zero attached hydrogens (tertiary/aromatic N) is 2. The van der Waals surface area contributed by atoms with Crippen molar-refractivity contribution in [1.82, 2.24) is 0 Å². The second-order valence-corrected chi connectivity index (χ2v) is 28.8. The smallest absolute Gasteiger partial charge is 0.334 e. The van der Waals surface area contributed by atoms with Crippen molar-refractivity contribution in [1.29, 1.82) is 0 Å². The monoisotopic (exact) mass is 986 g/mol.